The molecule has 1 saturated heterocycles. The highest BCUT2D eigenvalue weighted by Gasteiger charge is 2.59. The van der Waals surface area contributed by atoms with Crippen molar-refractivity contribution in [2.75, 3.05) is 19.6 Å². The number of hydrogen-bond acceptors (Lipinski definition) is 3. The average Bonchev–Trinajstić information content (AvgIpc) is 2.90. The smallest absolute Gasteiger partial charge is 0.223 e. The summed E-state index contributed by atoms with van der Waals surface area (Å²) in [6, 6.07) is 0. The summed E-state index contributed by atoms with van der Waals surface area (Å²) in [4.78, 5) is 19.2. The normalized spacial score (nSPS) is 29.2. The van der Waals surface area contributed by atoms with E-state index in [1.807, 2.05) is 19.4 Å². The van der Waals surface area contributed by atoms with Crippen molar-refractivity contribution >= 4 is 5.91 Å². The van der Waals surface area contributed by atoms with Crippen LogP contribution in [0.2, 0.25) is 0 Å². The van der Waals surface area contributed by atoms with Crippen molar-refractivity contribution in [3.63, 3.8) is 0 Å². The standard InChI is InChI=1S/C19H28N4O/c1-22-10-9-20-17(22)13-23-11-15-16(12-23)18(15)19(24)21-8-7-14-5-3-2-4-6-14/h5,9-10,15-16,18H,2-4,6-8,11-13H2,1H3,(H,21,24)/t15-,16+,18?. The van der Waals surface area contributed by atoms with Gasteiger partial charge in [-0.2, -0.15) is 0 Å². The summed E-state index contributed by atoms with van der Waals surface area (Å²) in [5, 5.41) is 3.18. The molecule has 1 aromatic rings. The van der Waals surface area contributed by atoms with Gasteiger partial charge in [0.15, 0.2) is 0 Å². The maximum absolute atomic E-state index is 12.4. The lowest BCUT2D eigenvalue weighted by molar-refractivity contribution is -0.123. The molecule has 2 aliphatic carbocycles. The van der Waals surface area contributed by atoms with Gasteiger partial charge in [0.25, 0.3) is 0 Å². The van der Waals surface area contributed by atoms with E-state index >= 15 is 0 Å². The van der Waals surface area contributed by atoms with Gasteiger partial charge in [-0.15, -0.1) is 0 Å². The molecule has 3 aliphatic rings. The third kappa shape index (κ3) is 3.27. The van der Waals surface area contributed by atoms with Crippen molar-refractivity contribution in [3.8, 4) is 0 Å². The van der Waals surface area contributed by atoms with Crippen LogP contribution in [0.3, 0.4) is 0 Å². The second-order valence-corrected chi connectivity index (χ2v) is 7.65. The lowest BCUT2D eigenvalue weighted by Gasteiger charge is -2.19. The van der Waals surface area contributed by atoms with Crippen molar-refractivity contribution in [1.29, 1.82) is 0 Å². The summed E-state index contributed by atoms with van der Waals surface area (Å²) >= 11 is 0. The third-order valence-corrected chi connectivity index (χ3v) is 5.99. The van der Waals surface area contributed by atoms with Crippen LogP contribution in [-0.2, 0) is 18.4 Å². The fraction of sp³-hybridized carbons (Fsp3) is 0.684. The largest absolute Gasteiger partial charge is 0.356 e. The molecule has 0 aromatic carbocycles. The number of imidazole rings is 1. The van der Waals surface area contributed by atoms with Gasteiger partial charge in [0.2, 0.25) is 5.91 Å². The van der Waals surface area contributed by atoms with Gasteiger partial charge in [-0.3, -0.25) is 9.69 Å². The minimum atomic E-state index is 0.267. The Kier molecular flexibility index (Phi) is 4.44. The number of allylic oxidation sites excluding steroid dienone is 1. The van der Waals surface area contributed by atoms with Crippen molar-refractivity contribution in [2.24, 2.45) is 24.8 Å². The SMILES string of the molecule is Cn1ccnc1CN1C[C@@H]2C(C(=O)NCCC3=CCCCC3)[C@@H]2C1. The van der Waals surface area contributed by atoms with Crippen molar-refractivity contribution in [1.82, 2.24) is 19.8 Å². The number of piperidine rings is 1. The Bertz CT molecular complexity index is 623. The molecule has 5 nitrogen and oxygen atoms in total. The highest BCUT2D eigenvalue weighted by molar-refractivity contribution is 5.82. The first-order chi connectivity index (χ1) is 11.7. The zero-order valence-electron chi connectivity index (χ0n) is 14.6. The lowest BCUT2D eigenvalue weighted by atomic mass is 9.97. The Balaban J connectivity index is 1.18. The number of nitrogens with zero attached hydrogens (tertiary/aromatic N) is 3. The number of amides is 1. The Labute approximate surface area is 144 Å². The van der Waals surface area contributed by atoms with Crippen LogP contribution in [0, 0.1) is 17.8 Å². The number of rotatable bonds is 6. The molecule has 0 bridgehead atoms. The first kappa shape index (κ1) is 15.9. The second kappa shape index (κ2) is 6.71. The summed E-state index contributed by atoms with van der Waals surface area (Å²) in [5.41, 5.74) is 1.54. The number of carbonyl (C=O) groups is 1. The van der Waals surface area contributed by atoms with Crippen molar-refractivity contribution in [2.45, 2.75) is 38.6 Å². The number of hydrogen-bond donors (Lipinski definition) is 1. The number of likely N-dealkylation sites (tertiary alicyclic amines) is 1. The summed E-state index contributed by atoms with van der Waals surface area (Å²) in [7, 11) is 2.04. The van der Waals surface area contributed by atoms with Crippen LogP contribution in [0.25, 0.3) is 0 Å². The number of nitrogens with one attached hydrogen (secondary N) is 1. The van der Waals surface area contributed by atoms with Gasteiger partial charge in [0.1, 0.15) is 5.82 Å². The molecule has 3 atom stereocenters. The van der Waals surface area contributed by atoms with E-state index in [1.54, 1.807) is 5.57 Å². The Hall–Kier alpha value is -1.62. The molecule has 1 unspecified atom stereocenters. The number of aryl methyl sites for hydroxylation is 1. The van der Waals surface area contributed by atoms with Gasteiger partial charge in [-0.25, -0.2) is 4.98 Å². The minimum absolute atomic E-state index is 0.267. The molecule has 2 fully saturated rings. The molecule has 24 heavy (non-hydrogen) atoms. The second-order valence-electron chi connectivity index (χ2n) is 7.65. The highest BCUT2D eigenvalue weighted by atomic mass is 16.2. The molecule has 1 saturated carbocycles. The van der Waals surface area contributed by atoms with Crippen LogP contribution >= 0.6 is 0 Å². The molecule has 4 rings (SSSR count). The minimum Gasteiger partial charge on any atom is -0.356 e. The van der Waals surface area contributed by atoms with Gasteiger partial charge in [-0.1, -0.05) is 11.6 Å². The predicted octanol–water partition coefficient (Wildman–Crippen LogP) is 2.10. The Morgan fingerprint density at radius 1 is 1.33 bits per heavy atom. The number of aromatic nitrogens is 2. The molecule has 0 radical (unpaired) electrons. The Morgan fingerprint density at radius 3 is 2.83 bits per heavy atom. The van der Waals surface area contributed by atoms with Crippen molar-refractivity contribution in [3.05, 3.63) is 29.9 Å². The van der Waals surface area contributed by atoms with Crippen LogP contribution in [0.1, 0.15) is 37.9 Å². The molecule has 5 heteroatoms. The van der Waals surface area contributed by atoms with Crippen LogP contribution in [-0.4, -0.2) is 40.0 Å². The monoisotopic (exact) mass is 328 g/mol. The molecule has 0 spiro atoms. The van der Waals surface area contributed by atoms with E-state index < -0.39 is 0 Å². The van der Waals surface area contributed by atoms with E-state index in [9.17, 15) is 4.79 Å². The van der Waals surface area contributed by atoms with E-state index in [0.717, 1.165) is 38.4 Å². The fourth-order valence-corrected chi connectivity index (χ4v) is 4.48. The zero-order chi connectivity index (χ0) is 16.5. The summed E-state index contributed by atoms with van der Waals surface area (Å²) in [6.07, 6.45) is 12.4. The van der Waals surface area contributed by atoms with Crippen LogP contribution < -0.4 is 5.32 Å². The fourth-order valence-electron chi connectivity index (χ4n) is 4.48. The average molecular weight is 328 g/mol. The zero-order valence-corrected chi connectivity index (χ0v) is 14.6. The van der Waals surface area contributed by atoms with Crippen LogP contribution in [0.15, 0.2) is 24.0 Å². The highest BCUT2D eigenvalue weighted by Crippen LogP contribution is 2.51. The summed E-state index contributed by atoms with van der Waals surface area (Å²) in [6.45, 7) is 3.80. The van der Waals surface area contributed by atoms with Gasteiger partial charge in [-0.05, 0) is 43.9 Å². The molecular formula is C19H28N4O. The Morgan fingerprint density at radius 2 is 2.17 bits per heavy atom. The molecule has 1 aromatic heterocycles. The van der Waals surface area contributed by atoms with Crippen molar-refractivity contribution < 1.29 is 4.79 Å². The molecular weight excluding hydrogens is 300 g/mol. The third-order valence-electron chi connectivity index (χ3n) is 5.99. The van der Waals surface area contributed by atoms with E-state index in [2.05, 4.69) is 25.8 Å². The topological polar surface area (TPSA) is 50.2 Å². The van der Waals surface area contributed by atoms with Gasteiger partial charge >= 0.3 is 0 Å². The first-order valence-electron chi connectivity index (χ1n) is 9.36. The molecule has 130 valence electrons. The number of fused-ring (bicyclic) bond motifs is 1. The van der Waals surface area contributed by atoms with E-state index in [-0.39, 0.29) is 11.8 Å². The molecule has 2 heterocycles. The molecule has 1 aliphatic heterocycles. The summed E-state index contributed by atoms with van der Waals surface area (Å²) in [5.74, 6) is 2.80. The van der Waals surface area contributed by atoms with E-state index in [1.165, 1.54) is 25.7 Å². The predicted molar refractivity (Wildman–Crippen MR) is 93.1 cm³/mol. The van der Waals surface area contributed by atoms with E-state index in [4.69, 9.17) is 0 Å². The van der Waals surface area contributed by atoms with Crippen LogP contribution in [0.4, 0.5) is 0 Å². The van der Waals surface area contributed by atoms with Gasteiger partial charge < -0.3 is 9.88 Å². The first-order valence-corrected chi connectivity index (χ1v) is 9.36. The molecule has 1 N–H and O–H groups in total. The maximum atomic E-state index is 12.4. The van der Waals surface area contributed by atoms with Gasteiger partial charge in [0.05, 0.1) is 6.54 Å². The van der Waals surface area contributed by atoms with Crippen LogP contribution in [0.5, 0.6) is 0 Å². The lowest BCUT2D eigenvalue weighted by Crippen LogP contribution is -2.32. The molecule has 1 amide bonds. The van der Waals surface area contributed by atoms with Gasteiger partial charge in [0, 0.05) is 45.0 Å². The summed E-state index contributed by atoms with van der Waals surface area (Å²) < 4.78 is 2.08. The quantitative estimate of drug-likeness (QED) is 0.814. The number of carbonyl (C=O) groups excluding carboxylic acids is 1. The van der Waals surface area contributed by atoms with E-state index in [0.29, 0.717) is 11.8 Å². The maximum Gasteiger partial charge on any atom is 0.223 e.